The van der Waals surface area contributed by atoms with Crippen LogP contribution in [-0.2, 0) is 11.2 Å². The molecule has 1 aliphatic rings. The van der Waals surface area contributed by atoms with Crippen LogP contribution in [0.1, 0.15) is 12.0 Å². The number of pyridine rings is 1. The third kappa shape index (κ3) is 2.76. The van der Waals surface area contributed by atoms with Crippen molar-refractivity contribution in [2.45, 2.75) is 12.8 Å². The van der Waals surface area contributed by atoms with E-state index in [9.17, 15) is 4.79 Å². The molecule has 24 heavy (non-hydrogen) atoms. The van der Waals surface area contributed by atoms with Crippen molar-refractivity contribution in [1.82, 2.24) is 4.98 Å². The van der Waals surface area contributed by atoms with Gasteiger partial charge in [0.2, 0.25) is 12.7 Å². The lowest BCUT2D eigenvalue weighted by Crippen LogP contribution is -2.13. The second-order valence-electron chi connectivity index (χ2n) is 5.58. The molecule has 2 aromatic carbocycles. The molecule has 0 bridgehead atoms. The Morgan fingerprint density at radius 1 is 1.08 bits per heavy atom. The van der Waals surface area contributed by atoms with Gasteiger partial charge in [-0.15, -0.1) is 0 Å². The minimum atomic E-state index is -0.0512. The zero-order valence-electron chi connectivity index (χ0n) is 13.0. The molecular formula is C19H16N2O3. The molecule has 0 unspecified atom stereocenters. The summed E-state index contributed by atoms with van der Waals surface area (Å²) >= 11 is 0. The molecule has 1 amide bonds. The molecule has 4 rings (SSSR count). The summed E-state index contributed by atoms with van der Waals surface area (Å²) in [5.41, 5.74) is 2.51. The first kappa shape index (κ1) is 14.5. The minimum absolute atomic E-state index is 0.0512. The summed E-state index contributed by atoms with van der Waals surface area (Å²) in [4.78, 5) is 16.7. The Kier molecular flexibility index (Phi) is 3.75. The Bertz CT molecular complexity index is 903. The normalized spacial score (nSPS) is 12.3. The van der Waals surface area contributed by atoms with Crippen molar-refractivity contribution in [2.75, 3.05) is 12.1 Å². The fourth-order valence-electron chi connectivity index (χ4n) is 2.85. The number of para-hydroxylation sites is 2. The van der Waals surface area contributed by atoms with Gasteiger partial charge in [0.25, 0.3) is 0 Å². The number of carbonyl (C=O) groups excluding carboxylic acids is 1. The molecule has 0 spiro atoms. The van der Waals surface area contributed by atoms with Crippen LogP contribution in [0.3, 0.4) is 0 Å². The first-order valence-electron chi connectivity index (χ1n) is 7.82. The van der Waals surface area contributed by atoms with Gasteiger partial charge in [-0.25, -0.2) is 0 Å². The predicted molar refractivity (Wildman–Crippen MR) is 91.3 cm³/mol. The molecule has 5 nitrogen and oxygen atoms in total. The van der Waals surface area contributed by atoms with E-state index in [4.69, 9.17) is 9.47 Å². The van der Waals surface area contributed by atoms with Gasteiger partial charge in [-0.2, -0.15) is 0 Å². The molecule has 0 fully saturated rings. The number of nitrogens with one attached hydrogen (secondary N) is 1. The lowest BCUT2D eigenvalue weighted by molar-refractivity contribution is -0.116. The predicted octanol–water partition coefficient (Wildman–Crippen LogP) is 3.53. The minimum Gasteiger partial charge on any atom is -0.454 e. The summed E-state index contributed by atoms with van der Waals surface area (Å²) in [5.74, 6) is 1.44. The number of amides is 1. The lowest BCUT2D eigenvalue weighted by atomic mass is 10.1. The highest BCUT2D eigenvalue weighted by molar-refractivity contribution is 6.00. The van der Waals surface area contributed by atoms with Gasteiger partial charge in [0.1, 0.15) is 0 Å². The van der Waals surface area contributed by atoms with Crippen LogP contribution < -0.4 is 14.8 Å². The van der Waals surface area contributed by atoms with Crippen LogP contribution >= 0.6 is 0 Å². The number of aryl methyl sites for hydroxylation is 1. The van der Waals surface area contributed by atoms with Crippen LogP contribution in [0.5, 0.6) is 11.5 Å². The van der Waals surface area contributed by atoms with Gasteiger partial charge in [0.15, 0.2) is 11.5 Å². The van der Waals surface area contributed by atoms with Crippen LogP contribution in [0.15, 0.2) is 54.7 Å². The van der Waals surface area contributed by atoms with E-state index >= 15 is 0 Å². The number of ether oxygens (including phenoxy) is 2. The molecule has 1 aliphatic heterocycles. The van der Waals surface area contributed by atoms with E-state index in [1.54, 1.807) is 6.20 Å². The largest absolute Gasteiger partial charge is 0.454 e. The maximum absolute atomic E-state index is 12.3. The molecule has 120 valence electrons. The highest BCUT2D eigenvalue weighted by atomic mass is 16.7. The summed E-state index contributed by atoms with van der Waals surface area (Å²) in [5, 5.41) is 3.95. The molecule has 0 saturated heterocycles. The number of anilines is 1. The maximum Gasteiger partial charge on any atom is 0.231 e. The van der Waals surface area contributed by atoms with Gasteiger partial charge in [-0.1, -0.05) is 30.3 Å². The molecule has 2 heterocycles. The third-order valence-electron chi connectivity index (χ3n) is 4.01. The summed E-state index contributed by atoms with van der Waals surface area (Å²) < 4.78 is 10.8. The Balaban J connectivity index is 1.47. The number of fused-ring (bicyclic) bond motifs is 2. The smallest absolute Gasteiger partial charge is 0.231 e. The molecule has 1 aromatic heterocycles. The number of carbonyl (C=O) groups is 1. The van der Waals surface area contributed by atoms with E-state index in [1.807, 2.05) is 48.5 Å². The number of benzene rings is 2. The summed E-state index contributed by atoms with van der Waals surface area (Å²) in [7, 11) is 0. The average molecular weight is 320 g/mol. The second-order valence-corrected chi connectivity index (χ2v) is 5.58. The molecule has 3 aromatic rings. The highest BCUT2D eigenvalue weighted by Crippen LogP contribution is 2.35. The SMILES string of the molecule is O=C(CCc1cccc2c1OCO2)Nc1cccc2cccnc12. The van der Waals surface area contributed by atoms with Crippen molar-refractivity contribution < 1.29 is 14.3 Å². The summed E-state index contributed by atoms with van der Waals surface area (Å²) in [6.45, 7) is 0.236. The van der Waals surface area contributed by atoms with Crippen molar-refractivity contribution >= 4 is 22.5 Å². The Morgan fingerprint density at radius 3 is 2.92 bits per heavy atom. The van der Waals surface area contributed by atoms with Crippen LogP contribution in [-0.4, -0.2) is 17.7 Å². The van der Waals surface area contributed by atoms with E-state index in [0.717, 1.165) is 33.7 Å². The number of rotatable bonds is 4. The topological polar surface area (TPSA) is 60.5 Å². The van der Waals surface area contributed by atoms with Gasteiger partial charge in [0.05, 0.1) is 11.2 Å². The van der Waals surface area contributed by atoms with Crippen LogP contribution in [0, 0.1) is 0 Å². The van der Waals surface area contributed by atoms with E-state index in [2.05, 4.69) is 10.3 Å². The van der Waals surface area contributed by atoms with Gasteiger partial charge >= 0.3 is 0 Å². The molecule has 0 aliphatic carbocycles. The molecule has 0 saturated carbocycles. The highest BCUT2D eigenvalue weighted by Gasteiger charge is 2.17. The quantitative estimate of drug-likeness (QED) is 0.799. The molecular weight excluding hydrogens is 304 g/mol. The van der Waals surface area contributed by atoms with E-state index in [-0.39, 0.29) is 12.7 Å². The molecule has 5 heteroatoms. The zero-order chi connectivity index (χ0) is 16.4. The molecule has 1 N–H and O–H groups in total. The number of nitrogens with zero attached hydrogens (tertiary/aromatic N) is 1. The Morgan fingerprint density at radius 2 is 1.96 bits per heavy atom. The Hall–Kier alpha value is -3.08. The van der Waals surface area contributed by atoms with E-state index in [0.29, 0.717) is 12.8 Å². The fourth-order valence-corrected chi connectivity index (χ4v) is 2.85. The standard InChI is InChI=1S/C19H16N2O3/c22-17(10-9-14-5-2-8-16-19(14)24-12-23-16)21-15-7-1-4-13-6-3-11-20-18(13)15/h1-8,11H,9-10,12H2,(H,21,22). The summed E-state index contributed by atoms with van der Waals surface area (Å²) in [6.07, 6.45) is 2.68. The van der Waals surface area contributed by atoms with Crippen molar-refractivity contribution in [3.8, 4) is 11.5 Å². The van der Waals surface area contributed by atoms with E-state index in [1.165, 1.54) is 0 Å². The van der Waals surface area contributed by atoms with Crippen molar-refractivity contribution in [2.24, 2.45) is 0 Å². The zero-order valence-corrected chi connectivity index (χ0v) is 13.0. The van der Waals surface area contributed by atoms with Gasteiger partial charge in [-0.3, -0.25) is 9.78 Å². The lowest BCUT2D eigenvalue weighted by Gasteiger charge is -2.09. The second kappa shape index (κ2) is 6.20. The number of hydrogen-bond acceptors (Lipinski definition) is 4. The fraction of sp³-hybridized carbons (Fsp3) is 0.158. The van der Waals surface area contributed by atoms with Crippen LogP contribution in [0.4, 0.5) is 5.69 Å². The van der Waals surface area contributed by atoms with Gasteiger partial charge in [0, 0.05) is 18.0 Å². The van der Waals surface area contributed by atoms with Crippen molar-refractivity contribution in [3.05, 3.63) is 60.3 Å². The number of hydrogen-bond donors (Lipinski definition) is 1. The van der Waals surface area contributed by atoms with Crippen LogP contribution in [0.25, 0.3) is 10.9 Å². The first-order valence-corrected chi connectivity index (χ1v) is 7.82. The van der Waals surface area contributed by atoms with Crippen molar-refractivity contribution in [1.29, 1.82) is 0 Å². The first-order chi connectivity index (χ1) is 11.8. The maximum atomic E-state index is 12.3. The molecule has 0 radical (unpaired) electrons. The van der Waals surface area contributed by atoms with Crippen molar-refractivity contribution in [3.63, 3.8) is 0 Å². The van der Waals surface area contributed by atoms with Gasteiger partial charge < -0.3 is 14.8 Å². The average Bonchev–Trinajstić information content (AvgIpc) is 3.09. The van der Waals surface area contributed by atoms with E-state index < -0.39 is 0 Å². The molecule has 0 atom stereocenters. The monoisotopic (exact) mass is 320 g/mol. The van der Waals surface area contributed by atoms with Crippen LogP contribution in [0.2, 0.25) is 0 Å². The Labute approximate surface area is 139 Å². The van der Waals surface area contributed by atoms with Gasteiger partial charge in [-0.05, 0) is 30.2 Å². The summed E-state index contributed by atoms with van der Waals surface area (Å²) in [6, 6.07) is 15.3. The third-order valence-corrected chi connectivity index (χ3v) is 4.01. The number of aromatic nitrogens is 1.